The van der Waals surface area contributed by atoms with Crippen LogP contribution in [0.15, 0.2) is 18.2 Å². The van der Waals surface area contributed by atoms with Crippen molar-refractivity contribution in [2.24, 2.45) is 0 Å². The van der Waals surface area contributed by atoms with Crippen LogP contribution in [-0.2, 0) is 19.1 Å². The molecule has 6 nitrogen and oxygen atoms in total. The van der Waals surface area contributed by atoms with Crippen molar-refractivity contribution in [2.45, 2.75) is 40.2 Å². The highest BCUT2D eigenvalue weighted by Gasteiger charge is 2.17. The zero-order valence-electron chi connectivity index (χ0n) is 13.4. The van der Waals surface area contributed by atoms with Crippen molar-refractivity contribution in [1.82, 2.24) is 5.32 Å². The van der Waals surface area contributed by atoms with Gasteiger partial charge in [0.05, 0.1) is 6.54 Å². The molecule has 1 aromatic carbocycles. The Hall–Kier alpha value is -2.37. The van der Waals surface area contributed by atoms with E-state index >= 15 is 0 Å². The third kappa shape index (κ3) is 5.20. The fourth-order valence-electron chi connectivity index (χ4n) is 1.84. The quantitative estimate of drug-likeness (QED) is 0.783. The molecule has 0 fully saturated rings. The molecule has 0 aliphatic carbocycles. The van der Waals surface area contributed by atoms with Crippen LogP contribution in [0.4, 0.5) is 5.69 Å². The summed E-state index contributed by atoms with van der Waals surface area (Å²) in [5, 5.41) is 5.21. The van der Waals surface area contributed by atoms with Crippen molar-refractivity contribution >= 4 is 23.5 Å². The maximum atomic E-state index is 11.9. The molecule has 1 aromatic rings. The predicted molar refractivity (Wildman–Crippen MR) is 83.4 cm³/mol. The predicted octanol–water partition coefficient (Wildman–Crippen LogP) is 1.70. The Morgan fingerprint density at radius 2 is 1.77 bits per heavy atom. The summed E-state index contributed by atoms with van der Waals surface area (Å²) in [5.41, 5.74) is 2.64. The summed E-state index contributed by atoms with van der Waals surface area (Å²) in [5.74, 6) is -1.29. The SMILES string of the molecule is CCC(=O)O[C@H](C)C(=O)NCC(=O)Nc1c(C)cccc1C. The average molecular weight is 306 g/mol. The normalized spacial score (nSPS) is 11.5. The van der Waals surface area contributed by atoms with Crippen LogP contribution in [-0.4, -0.2) is 30.4 Å². The third-order valence-corrected chi connectivity index (χ3v) is 3.13. The van der Waals surface area contributed by atoms with Crippen molar-refractivity contribution in [1.29, 1.82) is 0 Å². The number of aryl methyl sites for hydroxylation is 2. The van der Waals surface area contributed by atoms with E-state index in [1.54, 1.807) is 6.92 Å². The van der Waals surface area contributed by atoms with Gasteiger partial charge >= 0.3 is 5.97 Å². The molecule has 0 radical (unpaired) electrons. The van der Waals surface area contributed by atoms with Crippen molar-refractivity contribution in [3.8, 4) is 0 Å². The fraction of sp³-hybridized carbons (Fsp3) is 0.438. The van der Waals surface area contributed by atoms with Gasteiger partial charge in [-0.15, -0.1) is 0 Å². The summed E-state index contributed by atoms with van der Waals surface area (Å²) in [4.78, 5) is 34.7. The summed E-state index contributed by atoms with van der Waals surface area (Å²) in [6, 6.07) is 5.70. The summed E-state index contributed by atoms with van der Waals surface area (Å²) in [7, 11) is 0. The Labute approximate surface area is 130 Å². The smallest absolute Gasteiger partial charge is 0.306 e. The molecule has 0 saturated heterocycles. The van der Waals surface area contributed by atoms with Gasteiger partial charge in [-0.2, -0.15) is 0 Å². The van der Waals surface area contributed by atoms with Gasteiger partial charge < -0.3 is 15.4 Å². The van der Waals surface area contributed by atoms with E-state index in [-0.39, 0.29) is 18.9 Å². The molecule has 1 rings (SSSR count). The van der Waals surface area contributed by atoms with E-state index in [0.717, 1.165) is 16.8 Å². The summed E-state index contributed by atoms with van der Waals surface area (Å²) >= 11 is 0. The zero-order chi connectivity index (χ0) is 16.7. The second-order valence-corrected chi connectivity index (χ2v) is 5.02. The van der Waals surface area contributed by atoms with Gasteiger partial charge in [0.2, 0.25) is 5.91 Å². The van der Waals surface area contributed by atoms with E-state index in [2.05, 4.69) is 10.6 Å². The Bertz CT molecular complexity index is 549. The van der Waals surface area contributed by atoms with E-state index in [1.807, 2.05) is 32.0 Å². The van der Waals surface area contributed by atoms with Crippen molar-refractivity contribution < 1.29 is 19.1 Å². The lowest BCUT2D eigenvalue weighted by Gasteiger charge is -2.14. The minimum Gasteiger partial charge on any atom is -0.453 e. The molecule has 6 heteroatoms. The molecule has 0 heterocycles. The lowest BCUT2D eigenvalue weighted by atomic mass is 10.1. The van der Waals surface area contributed by atoms with Crippen molar-refractivity contribution in [3.63, 3.8) is 0 Å². The first-order valence-corrected chi connectivity index (χ1v) is 7.18. The highest BCUT2D eigenvalue weighted by molar-refractivity contribution is 5.96. The molecule has 0 aliphatic heterocycles. The molecule has 0 spiro atoms. The zero-order valence-corrected chi connectivity index (χ0v) is 13.4. The van der Waals surface area contributed by atoms with Crippen LogP contribution >= 0.6 is 0 Å². The van der Waals surface area contributed by atoms with Gasteiger partial charge in [-0.3, -0.25) is 14.4 Å². The van der Waals surface area contributed by atoms with Crippen LogP contribution in [0.5, 0.6) is 0 Å². The molecular weight excluding hydrogens is 284 g/mol. The molecular formula is C16H22N2O4. The standard InChI is InChI=1S/C16H22N2O4/c1-5-14(20)22-12(4)16(21)17-9-13(19)18-15-10(2)7-6-8-11(15)3/h6-8,12H,5,9H2,1-4H3,(H,17,21)(H,18,19)/t12-/m1/s1. The van der Waals surface area contributed by atoms with Gasteiger partial charge in [0.1, 0.15) is 0 Å². The van der Waals surface area contributed by atoms with E-state index in [1.165, 1.54) is 6.92 Å². The van der Waals surface area contributed by atoms with Crippen LogP contribution in [0.2, 0.25) is 0 Å². The van der Waals surface area contributed by atoms with Gasteiger partial charge in [-0.1, -0.05) is 25.1 Å². The number of rotatable bonds is 6. The lowest BCUT2D eigenvalue weighted by Crippen LogP contribution is -2.40. The lowest BCUT2D eigenvalue weighted by molar-refractivity contribution is -0.154. The van der Waals surface area contributed by atoms with Crippen molar-refractivity contribution in [2.75, 3.05) is 11.9 Å². The first-order valence-electron chi connectivity index (χ1n) is 7.18. The second-order valence-electron chi connectivity index (χ2n) is 5.02. The van der Waals surface area contributed by atoms with Crippen LogP contribution in [0.1, 0.15) is 31.4 Å². The molecule has 2 amide bonds. The maximum Gasteiger partial charge on any atom is 0.306 e. The third-order valence-electron chi connectivity index (χ3n) is 3.13. The number of carbonyl (C=O) groups is 3. The minimum atomic E-state index is -0.916. The molecule has 22 heavy (non-hydrogen) atoms. The number of nitrogens with one attached hydrogen (secondary N) is 2. The Balaban J connectivity index is 2.49. The molecule has 120 valence electrons. The number of anilines is 1. The number of amides is 2. The molecule has 0 aromatic heterocycles. The number of ether oxygens (including phenoxy) is 1. The monoisotopic (exact) mass is 306 g/mol. The number of benzene rings is 1. The van der Waals surface area contributed by atoms with Crippen LogP contribution in [0.3, 0.4) is 0 Å². The highest BCUT2D eigenvalue weighted by Crippen LogP contribution is 2.18. The average Bonchev–Trinajstić information content (AvgIpc) is 2.48. The molecule has 0 saturated carbocycles. The van der Waals surface area contributed by atoms with Gasteiger partial charge in [-0.25, -0.2) is 0 Å². The van der Waals surface area contributed by atoms with E-state index in [4.69, 9.17) is 4.74 Å². The molecule has 1 atom stereocenters. The van der Waals surface area contributed by atoms with Crippen molar-refractivity contribution in [3.05, 3.63) is 29.3 Å². The first kappa shape index (κ1) is 17.7. The fourth-order valence-corrected chi connectivity index (χ4v) is 1.84. The van der Waals surface area contributed by atoms with E-state index in [0.29, 0.717) is 0 Å². The topological polar surface area (TPSA) is 84.5 Å². The first-order chi connectivity index (χ1) is 10.3. The van der Waals surface area contributed by atoms with Gasteiger partial charge in [0.15, 0.2) is 6.10 Å². The van der Waals surface area contributed by atoms with Crippen LogP contribution in [0, 0.1) is 13.8 Å². The molecule has 0 aliphatic rings. The largest absolute Gasteiger partial charge is 0.453 e. The number of carbonyl (C=O) groups excluding carboxylic acids is 3. The number of hydrogen-bond donors (Lipinski definition) is 2. The Morgan fingerprint density at radius 1 is 1.18 bits per heavy atom. The Morgan fingerprint density at radius 3 is 2.32 bits per heavy atom. The summed E-state index contributed by atoms with van der Waals surface area (Å²) < 4.78 is 4.87. The maximum absolute atomic E-state index is 11.9. The van der Waals surface area contributed by atoms with Gasteiger partial charge in [0, 0.05) is 12.1 Å². The Kier molecular flexibility index (Phi) is 6.56. The van der Waals surface area contributed by atoms with Crippen LogP contribution in [0.25, 0.3) is 0 Å². The summed E-state index contributed by atoms with van der Waals surface area (Å²) in [6.45, 7) is 6.72. The van der Waals surface area contributed by atoms with Gasteiger partial charge in [-0.05, 0) is 31.9 Å². The minimum absolute atomic E-state index is 0.180. The molecule has 2 N–H and O–H groups in total. The highest BCUT2D eigenvalue weighted by atomic mass is 16.5. The van der Waals surface area contributed by atoms with Gasteiger partial charge in [0.25, 0.3) is 5.91 Å². The second kappa shape index (κ2) is 8.17. The van der Waals surface area contributed by atoms with E-state index in [9.17, 15) is 14.4 Å². The van der Waals surface area contributed by atoms with Crippen LogP contribution < -0.4 is 10.6 Å². The number of para-hydroxylation sites is 1. The molecule has 0 bridgehead atoms. The molecule has 0 unspecified atom stereocenters. The summed E-state index contributed by atoms with van der Waals surface area (Å²) in [6.07, 6.45) is -0.717. The number of esters is 1. The number of hydrogen-bond acceptors (Lipinski definition) is 4. The van der Waals surface area contributed by atoms with E-state index < -0.39 is 18.0 Å².